The van der Waals surface area contributed by atoms with E-state index in [-0.39, 0.29) is 5.56 Å². The summed E-state index contributed by atoms with van der Waals surface area (Å²) in [6.07, 6.45) is -3.20. The van der Waals surface area contributed by atoms with Gasteiger partial charge in [-0.15, -0.1) is 0 Å². The third-order valence-electron chi connectivity index (χ3n) is 3.95. The van der Waals surface area contributed by atoms with Crippen molar-refractivity contribution in [1.82, 2.24) is 0 Å². The van der Waals surface area contributed by atoms with Crippen LogP contribution in [0.25, 0.3) is 0 Å². The first kappa shape index (κ1) is 13.9. The van der Waals surface area contributed by atoms with Gasteiger partial charge < -0.3 is 0 Å². The summed E-state index contributed by atoms with van der Waals surface area (Å²) in [5, 5.41) is 0. The fourth-order valence-corrected chi connectivity index (χ4v) is 2.96. The maximum Gasteiger partial charge on any atom is 0.417 e. The Morgan fingerprint density at radius 1 is 1.00 bits per heavy atom. The maximum atomic E-state index is 13.0. The Morgan fingerprint density at radius 2 is 1.67 bits per heavy atom. The number of carbonyl (C=O) groups excluding carboxylic acids is 1. The molecule has 1 nitrogen and oxygen atoms in total. The highest BCUT2D eigenvalue weighted by atomic mass is 19.4. The Balaban J connectivity index is 2.02. The number of aryl methyl sites for hydroxylation is 1. The van der Waals surface area contributed by atoms with Gasteiger partial charge in [-0.3, -0.25) is 4.79 Å². The molecule has 0 radical (unpaired) electrons. The molecular formula is C17H13F3O. The van der Waals surface area contributed by atoms with Gasteiger partial charge in [-0.1, -0.05) is 42.5 Å². The third kappa shape index (κ3) is 2.46. The van der Waals surface area contributed by atoms with Crippen molar-refractivity contribution in [3.63, 3.8) is 0 Å². The van der Waals surface area contributed by atoms with Crippen LogP contribution in [0.3, 0.4) is 0 Å². The molecule has 3 rings (SSSR count). The zero-order chi connectivity index (χ0) is 15.0. The lowest BCUT2D eigenvalue weighted by Gasteiger charge is -2.15. The van der Waals surface area contributed by atoms with Gasteiger partial charge in [0.05, 0.1) is 5.56 Å². The van der Waals surface area contributed by atoms with E-state index in [0.717, 1.165) is 23.6 Å². The number of rotatable bonds is 2. The number of benzene rings is 2. The normalized spacial score (nSPS) is 17.6. The largest absolute Gasteiger partial charge is 0.417 e. The molecule has 0 amide bonds. The highest BCUT2D eigenvalue weighted by Crippen LogP contribution is 2.38. The fourth-order valence-electron chi connectivity index (χ4n) is 2.96. The van der Waals surface area contributed by atoms with Crippen LogP contribution in [0.15, 0.2) is 48.5 Å². The molecule has 1 unspecified atom stereocenters. The molecule has 2 aromatic carbocycles. The molecule has 0 heterocycles. The second-order valence-corrected chi connectivity index (χ2v) is 5.20. The standard InChI is InChI=1S/C17H13F3O/c18-17(19,20)15-8-4-3-7-14(15)16(21)13-10-9-11-5-1-2-6-12(11)13/h1-8,13H,9-10H2. The Bertz CT molecular complexity index is 688. The lowest BCUT2D eigenvalue weighted by atomic mass is 9.90. The lowest BCUT2D eigenvalue weighted by molar-refractivity contribution is -0.137. The van der Waals surface area contributed by atoms with Gasteiger partial charge in [0.1, 0.15) is 0 Å². The van der Waals surface area contributed by atoms with E-state index in [1.54, 1.807) is 0 Å². The van der Waals surface area contributed by atoms with Crippen molar-refractivity contribution in [2.45, 2.75) is 24.9 Å². The van der Waals surface area contributed by atoms with Crippen LogP contribution in [-0.4, -0.2) is 5.78 Å². The van der Waals surface area contributed by atoms with Gasteiger partial charge in [0, 0.05) is 11.5 Å². The Kier molecular flexibility index (Phi) is 3.32. The first-order valence-corrected chi connectivity index (χ1v) is 6.76. The number of hydrogen-bond acceptors (Lipinski definition) is 1. The van der Waals surface area contributed by atoms with Crippen molar-refractivity contribution in [3.8, 4) is 0 Å². The van der Waals surface area contributed by atoms with E-state index in [1.807, 2.05) is 24.3 Å². The predicted molar refractivity (Wildman–Crippen MR) is 73.3 cm³/mol. The minimum Gasteiger partial charge on any atom is -0.293 e. The van der Waals surface area contributed by atoms with Crippen molar-refractivity contribution in [2.24, 2.45) is 0 Å². The van der Waals surface area contributed by atoms with Gasteiger partial charge in [-0.05, 0) is 30.0 Å². The fraction of sp³-hybridized carbons (Fsp3) is 0.235. The molecule has 0 spiro atoms. The molecule has 0 N–H and O–H groups in total. The van der Waals surface area contributed by atoms with Gasteiger partial charge in [0.15, 0.2) is 5.78 Å². The summed E-state index contributed by atoms with van der Waals surface area (Å²) in [6, 6.07) is 12.5. The van der Waals surface area contributed by atoms with Crippen LogP contribution < -0.4 is 0 Å². The van der Waals surface area contributed by atoms with E-state index in [4.69, 9.17) is 0 Å². The topological polar surface area (TPSA) is 17.1 Å². The summed E-state index contributed by atoms with van der Waals surface area (Å²) in [5.41, 5.74) is 0.839. The van der Waals surface area contributed by atoms with E-state index in [9.17, 15) is 18.0 Å². The summed E-state index contributed by atoms with van der Waals surface area (Å²) in [7, 11) is 0. The molecule has 0 saturated heterocycles. The Hall–Kier alpha value is -2.10. The summed E-state index contributed by atoms with van der Waals surface area (Å²) >= 11 is 0. The SMILES string of the molecule is O=C(c1ccccc1C(F)(F)F)C1CCc2ccccc21. The zero-order valence-electron chi connectivity index (χ0n) is 11.2. The van der Waals surface area contributed by atoms with Gasteiger partial charge in [-0.25, -0.2) is 0 Å². The van der Waals surface area contributed by atoms with Crippen molar-refractivity contribution in [1.29, 1.82) is 0 Å². The van der Waals surface area contributed by atoms with Crippen molar-refractivity contribution in [3.05, 3.63) is 70.8 Å². The van der Waals surface area contributed by atoms with Crippen molar-refractivity contribution >= 4 is 5.78 Å². The molecule has 0 aromatic heterocycles. The minimum absolute atomic E-state index is 0.230. The molecule has 1 aliphatic rings. The predicted octanol–water partition coefficient (Wildman–Crippen LogP) is 4.62. The van der Waals surface area contributed by atoms with Crippen molar-refractivity contribution in [2.75, 3.05) is 0 Å². The maximum absolute atomic E-state index is 13.0. The van der Waals surface area contributed by atoms with Crippen molar-refractivity contribution < 1.29 is 18.0 Å². The van der Waals surface area contributed by atoms with Crippen LogP contribution in [-0.2, 0) is 12.6 Å². The Morgan fingerprint density at radius 3 is 2.43 bits per heavy atom. The first-order valence-electron chi connectivity index (χ1n) is 6.76. The summed E-state index contributed by atoms with van der Waals surface area (Å²) in [5.74, 6) is -0.905. The van der Waals surface area contributed by atoms with Crippen LogP contribution in [0.5, 0.6) is 0 Å². The molecule has 1 atom stereocenters. The summed E-state index contributed by atoms with van der Waals surface area (Å²) in [4.78, 5) is 12.6. The minimum atomic E-state index is -4.51. The van der Waals surface area contributed by atoms with Gasteiger partial charge in [0.25, 0.3) is 0 Å². The van der Waals surface area contributed by atoms with Gasteiger partial charge in [-0.2, -0.15) is 13.2 Å². The molecule has 1 aliphatic carbocycles. The third-order valence-corrected chi connectivity index (χ3v) is 3.95. The monoisotopic (exact) mass is 290 g/mol. The van der Waals surface area contributed by atoms with Crippen LogP contribution in [0, 0.1) is 0 Å². The molecule has 0 bridgehead atoms. The first-order chi connectivity index (χ1) is 9.98. The van der Waals surface area contributed by atoms with E-state index in [1.165, 1.54) is 18.2 Å². The summed E-state index contributed by atoms with van der Waals surface area (Å²) < 4.78 is 39.1. The molecule has 21 heavy (non-hydrogen) atoms. The van der Waals surface area contributed by atoms with Crippen LogP contribution >= 0.6 is 0 Å². The zero-order valence-corrected chi connectivity index (χ0v) is 11.2. The average Bonchev–Trinajstić information content (AvgIpc) is 2.89. The molecule has 108 valence electrons. The number of alkyl halides is 3. The smallest absolute Gasteiger partial charge is 0.293 e. The highest BCUT2D eigenvalue weighted by Gasteiger charge is 2.37. The number of Topliss-reactive ketones (excluding diaryl/α,β-unsaturated/α-hetero) is 1. The van der Waals surface area contributed by atoms with E-state index in [0.29, 0.717) is 6.42 Å². The average molecular weight is 290 g/mol. The second kappa shape index (κ2) is 5.02. The number of halogens is 3. The van der Waals surface area contributed by atoms with E-state index < -0.39 is 23.4 Å². The number of fused-ring (bicyclic) bond motifs is 1. The van der Waals surface area contributed by atoms with Gasteiger partial charge >= 0.3 is 6.18 Å². The highest BCUT2D eigenvalue weighted by molar-refractivity contribution is 6.02. The second-order valence-electron chi connectivity index (χ2n) is 5.20. The van der Waals surface area contributed by atoms with E-state index in [2.05, 4.69) is 0 Å². The molecule has 4 heteroatoms. The number of hydrogen-bond donors (Lipinski definition) is 0. The van der Waals surface area contributed by atoms with E-state index >= 15 is 0 Å². The molecule has 0 fully saturated rings. The van der Waals surface area contributed by atoms with Crippen LogP contribution in [0.1, 0.15) is 39.4 Å². The number of carbonyl (C=O) groups is 1. The number of ketones is 1. The Labute approximate surface area is 120 Å². The molecular weight excluding hydrogens is 277 g/mol. The molecule has 0 saturated carbocycles. The summed E-state index contributed by atoms with van der Waals surface area (Å²) in [6.45, 7) is 0. The lowest BCUT2D eigenvalue weighted by Crippen LogP contribution is -2.17. The van der Waals surface area contributed by atoms with Gasteiger partial charge in [0.2, 0.25) is 0 Å². The van der Waals surface area contributed by atoms with Crippen LogP contribution in [0.2, 0.25) is 0 Å². The molecule has 0 aliphatic heterocycles. The van der Waals surface area contributed by atoms with Crippen LogP contribution in [0.4, 0.5) is 13.2 Å². The molecule has 2 aromatic rings. The quantitative estimate of drug-likeness (QED) is 0.738.